The van der Waals surface area contributed by atoms with E-state index in [1.165, 1.54) is 54.9 Å². The molecular weight excluding hydrogens is 765 g/mol. The first-order chi connectivity index (χ1) is 31.3. The number of nitrogens with zero attached hydrogens (tertiary/aromatic N) is 2. The van der Waals surface area contributed by atoms with Crippen LogP contribution in [0, 0.1) is 0 Å². The predicted octanol–water partition coefficient (Wildman–Crippen LogP) is 16.6. The Labute approximate surface area is 367 Å². The molecule has 0 saturated heterocycles. The molecule has 0 amide bonds. The van der Waals surface area contributed by atoms with Crippen LogP contribution in [-0.2, 0) is 0 Å². The van der Waals surface area contributed by atoms with Crippen molar-refractivity contribution in [1.29, 1.82) is 0 Å². The summed E-state index contributed by atoms with van der Waals surface area (Å²) in [5.74, 6) is 1.76. The maximum Gasteiger partial charge on any atom is 0.159 e. The summed E-state index contributed by atoms with van der Waals surface area (Å²) in [7, 11) is 0. The Kier molecular flexibility index (Phi) is 8.97. The molecule has 3 heteroatoms. The summed E-state index contributed by atoms with van der Waals surface area (Å²) in [6, 6.07) is 80.9. The van der Waals surface area contributed by atoms with Crippen molar-refractivity contribution >= 4 is 66.3 Å². The van der Waals surface area contributed by atoms with E-state index in [2.05, 4.69) is 240 Å². The van der Waals surface area contributed by atoms with Crippen LogP contribution in [0.5, 0.6) is 5.75 Å². The van der Waals surface area contributed by atoms with Gasteiger partial charge in [0.1, 0.15) is 0 Å². The predicted molar refractivity (Wildman–Crippen MR) is 264 cm³/mol. The van der Waals surface area contributed by atoms with Gasteiger partial charge in [-0.05, 0) is 122 Å². The smallest absolute Gasteiger partial charge is 0.159 e. The van der Waals surface area contributed by atoms with E-state index in [9.17, 15) is 0 Å². The van der Waals surface area contributed by atoms with Gasteiger partial charge in [0.15, 0.2) is 11.5 Å². The van der Waals surface area contributed by atoms with Gasteiger partial charge in [0, 0.05) is 33.7 Å². The van der Waals surface area contributed by atoms with E-state index in [4.69, 9.17) is 4.74 Å². The van der Waals surface area contributed by atoms with Gasteiger partial charge in [0.2, 0.25) is 0 Å². The van der Waals surface area contributed by atoms with Crippen molar-refractivity contribution in [2.45, 2.75) is 12.8 Å². The molecule has 10 aromatic rings. The van der Waals surface area contributed by atoms with Gasteiger partial charge >= 0.3 is 0 Å². The largest absolute Gasteiger partial charge is 0.452 e. The number of hydrogen-bond acceptors (Lipinski definition) is 3. The lowest BCUT2D eigenvalue weighted by atomic mass is 9.87. The number of ether oxygens (including phenoxy) is 1. The summed E-state index contributed by atoms with van der Waals surface area (Å²) in [5.41, 5.74) is 13.6. The molecular formula is C60H42N2O. The monoisotopic (exact) mass is 806 g/mol. The van der Waals surface area contributed by atoms with Crippen LogP contribution in [0.15, 0.2) is 242 Å². The van der Waals surface area contributed by atoms with Crippen molar-refractivity contribution in [1.82, 2.24) is 0 Å². The maximum absolute atomic E-state index is 7.51. The van der Waals surface area contributed by atoms with Crippen LogP contribution >= 0.6 is 0 Å². The van der Waals surface area contributed by atoms with Gasteiger partial charge in [-0.2, -0.15) is 0 Å². The Morgan fingerprint density at radius 3 is 1.41 bits per heavy atom. The number of allylic oxidation sites excluding steroid dienone is 2. The molecule has 0 spiro atoms. The van der Waals surface area contributed by atoms with Gasteiger partial charge in [0.05, 0.1) is 11.4 Å². The zero-order chi connectivity index (χ0) is 41.7. The molecule has 0 aromatic heterocycles. The van der Waals surface area contributed by atoms with E-state index >= 15 is 0 Å². The summed E-state index contributed by atoms with van der Waals surface area (Å²) in [5, 5.41) is 7.26. The molecule has 63 heavy (non-hydrogen) atoms. The number of hydrogen-bond donors (Lipinski definition) is 0. The van der Waals surface area contributed by atoms with Crippen LogP contribution in [0.4, 0.5) is 28.4 Å². The Bertz CT molecular complexity index is 3230. The van der Waals surface area contributed by atoms with E-state index in [0.717, 1.165) is 69.3 Å². The number of para-hydroxylation sites is 2. The summed E-state index contributed by atoms with van der Waals surface area (Å²) < 4.78 is 7.51. The highest BCUT2D eigenvalue weighted by Crippen LogP contribution is 2.53. The third kappa shape index (κ3) is 6.36. The quantitative estimate of drug-likeness (QED) is 0.152. The summed E-state index contributed by atoms with van der Waals surface area (Å²) >= 11 is 0. The van der Waals surface area contributed by atoms with Crippen LogP contribution in [0.2, 0.25) is 0 Å². The first-order valence-corrected chi connectivity index (χ1v) is 21.8. The van der Waals surface area contributed by atoms with Crippen LogP contribution in [0.3, 0.4) is 0 Å². The number of rotatable bonds is 8. The molecule has 2 aliphatic rings. The number of benzene rings is 10. The highest BCUT2D eigenvalue weighted by Gasteiger charge is 2.33. The molecule has 0 saturated carbocycles. The fourth-order valence-electron chi connectivity index (χ4n) is 9.79. The summed E-state index contributed by atoms with van der Waals surface area (Å²) in [6.45, 7) is 0. The standard InChI is InChI=1S/C60H42N2O/c1-3-20-46(21-4-1)61(47-22-5-2-6-23-47)56-30-14-29-55-54-28-13-19-45-35-40-57(60(58(45)54)63-59(55)56)62(48-36-31-43(32-37-48)52-26-11-17-41-15-7-9-24-50(41)52)49-38-33-44(34-39-49)53-27-12-18-42-16-8-10-25-51(42)53/h1-13,15-28,30-40H,14,29H2. The first kappa shape index (κ1) is 36.7. The lowest BCUT2D eigenvalue weighted by Crippen LogP contribution is -2.25. The molecule has 1 aliphatic heterocycles. The zero-order valence-electron chi connectivity index (χ0n) is 34.7. The van der Waals surface area contributed by atoms with Crippen molar-refractivity contribution in [3.63, 3.8) is 0 Å². The molecule has 1 aliphatic carbocycles. The second-order valence-electron chi connectivity index (χ2n) is 16.3. The van der Waals surface area contributed by atoms with E-state index in [0.29, 0.717) is 0 Å². The Balaban J connectivity index is 1.03. The molecule has 0 bridgehead atoms. The second-order valence-corrected chi connectivity index (χ2v) is 16.3. The van der Waals surface area contributed by atoms with Gasteiger partial charge in [-0.3, -0.25) is 0 Å². The number of anilines is 5. The topological polar surface area (TPSA) is 15.7 Å². The lowest BCUT2D eigenvalue weighted by molar-refractivity contribution is 0.434. The molecule has 0 radical (unpaired) electrons. The molecule has 0 atom stereocenters. The van der Waals surface area contributed by atoms with Gasteiger partial charge in [0.25, 0.3) is 0 Å². The number of fused-ring (bicyclic) bond motifs is 3. The van der Waals surface area contributed by atoms with Crippen molar-refractivity contribution in [2.24, 2.45) is 0 Å². The molecule has 12 rings (SSSR count). The highest BCUT2D eigenvalue weighted by atomic mass is 16.5. The molecule has 0 N–H and O–H groups in total. The lowest BCUT2D eigenvalue weighted by Gasteiger charge is -2.36. The first-order valence-electron chi connectivity index (χ1n) is 21.8. The third-order valence-corrected chi connectivity index (χ3v) is 12.7. The summed E-state index contributed by atoms with van der Waals surface area (Å²) in [6.07, 6.45) is 4.16. The Hall–Kier alpha value is -8.14. The average molecular weight is 807 g/mol. The van der Waals surface area contributed by atoms with E-state index in [-0.39, 0.29) is 0 Å². The minimum Gasteiger partial charge on any atom is -0.452 e. The fourth-order valence-corrected chi connectivity index (χ4v) is 9.79. The summed E-state index contributed by atoms with van der Waals surface area (Å²) in [4.78, 5) is 4.72. The third-order valence-electron chi connectivity index (χ3n) is 12.7. The highest BCUT2D eigenvalue weighted by molar-refractivity contribution is 6.06. The SMILES string of the molecule is C1=C(N(c2ccccc2)c2ccccc2)C2=C(CC1)c1cccc3ccc(N(c4ccc(-c5cccc6ccccc56)cc4)c4ccc(-c5cccc6ccccc56)cc4)c(c13)O2. The Morgan fingerprint density at radius 2 is 0.841 bits per heavy atom. The normalized spacial score (nSPS) is 13.1. The average Bonchev–Trinajstić information content (AvgIpc) is 3.36. The molecule has 3 nitrogen and oxygen atoms in total. The Morgan fingerprint density at radius 1 is 0.365 bits per heavy atom. The minimum atomic E-state index is 0.854. The zero-order valence-corrected chi connectivity index (χ0v) is 34.7. The van der Waals surface area contributed by atoms with Crippen LogP contribution in [-0.4, -0.2) is 0 Å². The fraction of sp³-hybridized carbons (Fsp3) is 0.0333. The van der Waals surface area contributed by atoms with Gasteiger partial charge in [-0.25, -0.2) is 0 Å². The van der Waals surface area contributed by atoms with Crippen molar-refractivity contribution in [3.05, 3.63) is 248 Å². The molecule has 0 unspecified atom stereocenters. The van der Waals surface area contributed by atoms with Crippen molar-refractivity contribution in [2.75, 3.05) is 9.80 Å². The molecule has 10 aromatic carbocycles. The molecule has 1 heterocycles. The van der Waals surface area contributed by atoms with Crippen molar-refractivity contribution < 1.29 is 4.74 Å². The molecule has 298 valence electrons. The molecule has 0 fully saturated rings. The second kappa shape index (κ2) is 15.4. The van der Waals surface area contributed by atoms with Gasteiger partial charge in [-0.15, -0.1) is 0 Å². The van der Waals surface area contributed by atoms with Gasteiger partial charge in [-0.1, -0.05) is 176 Å². The van der Waals surface area contributed by atoms with Crippen LogP contribution in [0.1, 0.15) is 18.4 Å². The van der Waals surface area contributed by atoms with Crippen molar-refractivity contribution in [3.8, 4) is 28.0 Å². The van der Waals surface area contributed by atoms with Gasteiger partial charge < -0.3 is 14.5 Å². The van der Waals surface area contributed by atoms with Crippen LogP contribution in [0.25, 0.3) is 60.1 Å². The van der Waals surface area contributed by atoms with E-state index < -0.39 is 0 Å². The maximum atomic E-state index is 7.51. The van der Waals surface area contributed by atoms with Crippen LogP contribution < -0.4 is 14.5 Å². The minimum absolute atomic E-state index is 0.854. The van der Waals surface area contributed by atoms with E-state index in [1.54, 1.807) is 0 Å². The van der Waals surface area contributed by atoms with E-state index in [1.807, 2.05) is 0 Å².